The van der Waals surface area contributed by atoms with Crippen LogP contribution in [-0.4, -0.2) is 49.7 Å². The molecule has 35 heavy (non-hydrogen) atoms. The van der Waals surface area contributed by atoms with Crippen molar-refractivity contribution >= 4 is 74.9 Å². The van der Waals surface area contributed by atoms with E-state index in [9.17, 15) is 14.4 Å². The maximum Gasteiger partial charge on any atom is 0.303 e. The molecule has 2 aromatic rings. The Morgan fingerprint density at radius 3 is 2.26 bits per heavy atom. The maximum absolute atomic E-state index is 13.4. The van der Waals surface area contributed by atoms with Crippen molar-refractivity contribution in [3.63, 3.8) is 0 Å². The largest absolute Gasteiger partial charge is 0.481 e. The lowest BCUT2D eigenvalue weighted by Gasteiger charge is -2.17. The quantitative estimate of drug-likeness (QED) is 0.415. The standard InChI is InChI=1S/C22H17ClN2O4S2.C2H4O2/c23-14-9-7-13(8-10-14)12-25-16-5-2-1-4-15(16)18(20(25)28)19-21(29)24(22(30)31-19)11-3-6-17(26)27;1-2(3)4/h1-2,4-5,7-10H,3,6,11-12H2,(H,26,27);1H3,(H,3,4)/b19-18-;. The third kappa shape index (κ3) is 6.27. The number of benzene rings is 2. The first-order valence-corrected chi connectivity index (χ1v) is 12.1. The summed E-state index contributed by atoms with van der Waals surface area (Å²) in [5.41, 5.74) is 2.67. The van der Waals surface area contributed by atoms with Crippen LogP contribution in [0.15, 0.2) is 53.4 Å². The van der Waals surface area contributed by atoms with Crippen LogP contribution in [0.25, 0.3) is 5.57 Å². The van der Waals surface area contributed by atoms with E-state index < -0.39 is 11.9 Å². The number of anilines is 1. The van der Waals surface area contributed by atoms with Gasteiger partial charge in [0.1, 0.15) is 4.32 Å². The first-order chi connectivity index (χ1) is 16.6. The third-order valence-electron chi connectivity index (χ3n) is 5.03. The van der Waals surface area contributed by atoms with Crippen LogP contribution in [0.2, 0.25) is 5.02 Å². The summed E-state index contributed by atoms with van der Waals surface area (Å²) >= 11 is 12.4. The zero-order chi connectivity index (χ0) is 25.7. The molecule has 2 amide bonds. The van der Waals surface area contributed by atoms with Gasteiger partial charge in [-0.1, -0.05) is 65.9 Å². The number of carbonyl (C=O) groups is 4. The maximum atomic E-state index is 13.4. The summed E-state index contributed by atoms with van der Waals surface area (Å²) in [7, 11) is 0. The molecule has 182 valence electrons. The van der Waals surface area contributed by atoms with E-state index in [1.54, 1.807) is 17.0 Å². The fourth-order valence-electron chi connectivity index (χ4n) is 3.56. The van der Waals surface area contributed by atoms with Gasteiger partial charge in [0, 0.05) is 30.5 Å². The number of nitrogens with zero attached hydrogens (tertiary/aromatic N) is 2. The van der Waals surface area contributed by atoms with Gasteiger partial charge in [0.25, 0.3) is 17.8 Å². The van der Waals surface area contributed by atoms with Crippen LogP contribution < -0.4 is 4.90 Å². The molecule has 2 aliphatic rings. The molecule has 2 heterocycles. The molecule has 0 unspecified atom stereocenters. The first kappa shape index (κ1) is 26.4. The van der Waals surface area contributed by atoms with Crippen LogP contribution in [0.3, 0.4) is 0 Å². The van der Waals surface area contributed by atoms with E-state index >= 15 is 0 Å². The number of fused-ring (bicyclic) bond motifs is 1. The van der Waals surface area contributed by atoms with Crippen LogP contribution >= 0.6 is 35.6 Å². The number of rotatable bonds is 6. The average molecular weight is 533 g/mol. The smallest absolute Gasteiger partial charge is 0.303 e. The number of amides is 2. The number of halogens is 1. The number of thiocarbonyl (C=S) groups is 1. The van der Waals surface area contributed by atoms with Crippen LogP contribution in [0.1, 0.15) is 30.9 Å². The van der Waals surface area contributed by atoms with Crippen LogP contribution in [0.4, 0.5) is 5.69 Å². The molecule has 0 atom stereocenters. The van der Waals surface area contributed by atoms with Crippen molar-refractivity contribution in [2.75, 3.05) is 11.4 Å². The van der Waals surface area contributed by atoms with Gasteiger partial charge in [-0.25, -0.2) is 0 Å². The molecular formula is C24H21ClN2O6S2. The summed E-state index contributed by atoms with van der Waals surface area (Å²) in [5.74, 6) is -2.38. The zero-order valence-corrected chi connectivity index (χ0v) is 21.0. The number of thioether (sulfide) groups is 1. The highest BCUT2D eigenvalue weighted by molar-refractivity contribution is 8.26. The third-order valence-corrected chi connectivity index (χ3v) is 6.73. The monoisotopic (exact) mass is 532 g/mol. The Kier molecular flexibility index (Phi) is 8.66. The van der Waals surface area contributed by atoms with Gasteiger partial charge in [-0.05, 0) is 30.2 Å². The normalized spacial score (nSPS) is 16.8. The molecule has 2 aromatic carbocycles. The Morgan fingerprint density at radius 1 is 1.00 bits per heavy atom. The predicted octanol–water partition coefficient (Wildman–Crippen LogP) is 4.41. The van der Waals surface area contributed by atoms with Crippen molar-refractivity contribution in [3.8, 4) is 0 Å². The minimum Gasteiger partial charge on any atom is -0.481 e. The molecule has 0 spiro atoms. The van der Waals surface area contributed by atoms with Crippen molar-refractivity contribution in [3.05, 3.63) is 69.6 Å². The number of hydrogen-bond donors (Lipinski definition) is 2. The Balaban J connectivity index is 0.000000795. The molecule has 0 aromatic heterocycles. The van der Waals surface area contributed by atoms with Gasteiger partial charge in [0.2, 0.25) is 0 Å². The number of carboxylic acid groups (broad SMARTS) is 2. The van der Waals surface area contributed by atoms with Crippen molar-refractivity contribution in [1.29, 1.82) is 0 Å². The predicted molar refractivity (Wildman–Crippen MR) is 138 cm³/mol. The zero-order valence-electron chi connectivity index (χ0n) is 18.6. The van der Waals surface area contributed by atoms with Gasteiger partial charge in [0.05, 0.1) is 22.7 Å². The van der Waals surface area contributed by atoms with E-state index in [1.165, 1.54) is 4.90 Å². The van der Waals surface area contributed by atoms with E-state index in [-0.39, 0.29) is 36.1 Å². The molecular weight excluding hydrogens is 512 g/mol. The second-order valence-electron chi connectivity index (χ2n) is 7.58. The van der Waals surface area contributed by atoms with Crippen molar-refractivity contribution in [2.45, 2.75) is 26.3 Å². The van der Waals surface area contributed by atoms with Crippen LogP contribution in [0.5, 0.6) is 0 Å². The van der Waals surface area contributed by atoms with Gasteiger partial charge in [-0.3, -0.25) is 24.1 Å². The highest BCUT2D eigenvalue weighted by Crippen LogP contribution is 2.45. The molecule has 1 saturated heterocycles. The summed E-state index contributed by atoms with van der Waals surface area (Å²) in [6, 6.07) is 14.6. The Bertz CT molecular complexity index is 1220. The summed E-state index contributed by atoms with van der Waals surface area (Å²) in [5, 5.41) is 16.9. The number of aliphatic carboxylic acids is 2. The number of para-hydroxylation sites is 1. The number of carboxylic acids is 2. The first-order valence-electron chi connectivity index (χ1n) is 10.4. The minimum absolute atomic E-state index is 0.0560. The van der Waals surface area contributed by atoms with E-state index in [4.69, 9.17) is 38.8 Å². The molecule has 2 aliphatic heterocycles. The molecule has 1 fully saturated rings. The fourth-order valence-corrected chi connectivity index (χ4v) is 5.07. The van der Waals surface area contributed by atoms with Gasteiger partial charge in [0.15, 0.2) is 0 Å². The van der Waals surface area contributed by atoms with Gasteiger partial charge in [-0.15, -0.1) is 0 Å². The molecule has 0 radical (unpaired) electrons. The van der Waals surface area contributed by atoms with E-state index in [2.05, 4.69) is 0 Å². The molecule has 8 nitrogen and oxygen atoms in total. The Labute approximate surface area is 216 Å². The van der Waals surface area contributed by atoms with E-state index in [0.717, 1.165) is 29.9 Å². The summed E-state index contributed by atoms with van der Waals surface area (Å²) in [6.45, 7) is 1.63. The topological polar surface area (TPSA) is 115 Å². The molecule has 2 N–H and O–H groups in total. The number of carbonyl (C=O) groups excluding carboxylic acids is 2. The summed E-state index contributed by atoms with van der Waals surface area (Å²) < 4.78 is 0.333. The van der Waals surface area contributed by atoms with Crippen LogP contribution in [-0.2, 0) is 25.7 Å². The molecule has 0 saturated carbocycles. The van der Waals surface area contributed by atoms with Gasteiger partial charge in [-0.2, -0.15) is 0 Å². The van der Waals surface area contributed by atoms with Crippen molar-refractivity contribution in [1.82, 2.24) is 4.90 Å². The number of hydrogen-bond acceptors (Lipinski definition) is 6. The second-order valence-corrected chi connectivity index (χ2v) is 9.66. The van der Waals surface area contributed by atoms with E-state index in [0.29, 0.717) is 27.0 Å². The highest BCUT2D eigenvalue weighted by atomic mass is 35.5. The minimum atomic E-state index is -0.929. The van der Waals surface area contributed by atoms with E-state index in [1.807, 2.05) is 36.4 Å². The van der Waals surface area contributed by atoms with Gasteiger partial charge < -0.3 is 15.1 Å². The summed E-state index contributed by atoms with van der Waals surface area (Å²) in [6.07, 6.45) is 0.233. The molecule has 4 rings (SSSR count). The molecule has 0 bridgehead atoms. The van der Waals surface area contributed by atoms with Crippen molar-refractivity contribution in [2.24, 2.45) is 0 Å². The SMILES string of the molecule is CC(=O)O.O=C(O)CCCN1C(=O)/C(=C2/C(=O)N(Cc3ccc(Cl)cc3)c3ccccc32)SC1=S. The summed E-state index contributed by atoms with van der Waals surface area (Å²) in [4.78, 5) is 49.6. The Morgan fingerprint density at radius 2 is 1.63 bits per heavy atom. The lowest BCUT2D eigenvalue weighted by atomic mass is 10.1. The van der Waals surface area contributed by atoms with Gasteiger partial charge >= 0.3 is 5.97 Å². The van der Waals surface area contributed by atoms with Crippen LogP contribution in [0, 0.1) is 0 Å². The molecule has 11 heteroatoms. The fraction of sp³-hybridized carbons (Fsp3) is 0.208. The highest BCUT2D eigenvalue weighted by Gasteiger charge is 2.41. The second kappa shape index (κ2) is 11.5. The lowest BCUT2D eigenvalue weighted by Crippen LogP contribution is -2.30. The average Bonchev–Trinajstić information content (AvgIpc) is 3.22. The van der Waals surface area contributed by atoms with Crippen molar-refractivity contribution < 1.29 is 29.4 Å². The Hall–Kier alpha value is -3.21. The lowest BCUT2D eigenvalue weighted by molar-refractivity contribution is -0.137. The molecule has 0 aliphatic carbocycles.